The Morgan fingerprint density at radius 2 is 2.04 bits per heavy atom. The zero-order valence-electron chi connectivity index (χ0n) is 13.4. The highest BCUT2D eigenvalue weighted by Gasteiger charge is 2.40. The van der Waals surface area contributed by atoms with Gasteiger partial charge in [-0.05, 0) is 17.5 Å². The van der Waals surface area contributed by atoms with Crippen LogP contribution in [-0.4, -0.2) is 5.78 Å². The SMILES string of the molecule is C[C@H]1CC(=O)C2=C(C1)OC(N)=C(C#N)[C@@H]2c1cccc(C(F)(F)F)c1. The Balaban J connectivity index is 2.18. The van der Waals surface area contributed by atoms with Crippen molar-refractivity contribution in [3.63, 3.8) is 0 Å². The van der Waals surface area contributed by atoms with Gasteiger partial charge in [-0.2, -0.15) is 18.4 Å². The number of benzene rings is 1. The number of ether oxygens (including phenoxy) is 1. The zero-order valence-corrected chi connectivity index (χ0v) is 13.4. The van der Waals surface area contributed by atoms with E-state index in [0.29, 0.717) is 12.2 Å². The average Bonchev–Trinajstić information content (AvgIpc) is 2.52. The highest BCUT2D eigenvalue weighted by molar-refractivity contribution is 5.99. The van der Waals surface area contributed by atoms with Crippen molar-refractivity contribution in [1.82, 2.24) is 0 Å². The van der Waals surface area contributed by atoms with Crippen molar-refractivity contribution in [2.75, 3.05) is 0 Å². The number of nitriles is 1. The number of carbonyl (C=O) groups is 1. The third-order valence-electron chi connectivity index (χ3n) is 4.41. The highest BCUT2D eigenvalue weighted by atomic mass is 19.4. The fourth-order valence-corrected chi connectivity index (χ4v) is 3.32. The van der Waals surface area contributed by atoms with Crippen LogP contribution in [0.15, 0.2) is 47.1 Å². The first-order chi connectivity index (χ1) is 11.7. The molecule has 0 saturated heterocycles. The fourth-order valence-electron chi connectivity index (χ4n) is 3.32. The van der Waals surface area contributed by atoms with Crippen LogP contribution in [0.25, 0.3) is 0 Å². The highest BCUT2D eigenvalue weighted by Crippen LogP contribution is 2.45. The van der Waals surface area contributed by atoms with E-state index in [9.17, 15) is 23.2 Å². The molecule has 1 aliphatic carbocycles. The molecule has 1 aromatic rings. The Kier molecular flexibility index (Phi) is 4.07. The lowest BCUT2D eigenvalue weighted by molar-refractivity contribution is -0.137. The van der Waals surface area contributed by atoms with Gasteiger partial charge in [0.05, 0.1) is 11.5 Å². The van der Waals surface area contributed by atoms with Gasteiger partial charge in [-0.25, -0.2) is 0 Å². The Labute approximate surface area is 142 Å². The average molecular weight is 348 g/mol. The number of hydrogen-bond acceptors (Lipinski definition) is 4. The molecule has 1 aromatic carbocycles. The molecule has 0 radical (unpaired) electrons. The second-order valence-electron chi connectivity index (χ2n) is 6.32. The Morgan fingerprint density at radius 3 is 2.68 bits per heavy atom. The first-order valence-electron chi connectivity index (χ1n) is 7.73. The number of carbonyl (C=O) groups excluding carboxylic acids is 1. The molecule has 0 saturated carbocycles. The summed E-state index contributed by atoms with van der Waals surface area (Å²) in [6.45, 7) is 1.88. The maximum absolute atomic E-state index is 13.0. The van der Waals surface area contributed by atoms with Crippen LogP contribution in [0.5, 0.6) is 0 Å². The van der Waals surface area contributed by atoms with E-state index in [-0.39, 0.29) is 40.7 Å². The minimum atomic E-state index is -4.52. The van der Waals surface area contributed by atoms with Crippen LogP contribution in [0.3, 0.4) is 0 Å². The molecule has 0 unspecified atom stereocenters. The summed E-state index contributed by atoms with van der Waals surface area (Å²) >= 11 is 0. The van der Waals surface area contributed by atoms with Crippen LogP contribution >= 0.6 is 0 Å². The van der Waals surface area contributed by atoms with E-state index >= 15 is 0 Å². The molecule has 0 spiro atoms. The summed E-state index contributed by atoms with van der Waals surface area (Å²) in [6, 6.07) is 6.51. The van der Waals surface area contributed by atoms with Crippen molar-refractivity contribution in [3.8, 4) is 6.07 Å². The molecular weight excluding hydrogens is 333 g/mol. The van der Waals surface area contributed by atoms with Gasteiger partial charge in [0.15, 0.2) is 5.78 Å². The molecule has 130 valence electrons. The number of rotatable bonds is 1. The minimum absolute atomic E-state index is 0.0408. The minimum Gasteiger partial charge on any atom is -0.444 e. The van der Waals surface area contributed by atoms with E-state index in [1.807, 2.05) is 13.0 Å². The Bertz CT molecular complexity index is 847. The predicted octanol–water partition coefficient (Wildman–Crippen LogP) is 3.77. The van der Waals surface area contributed by atoms with E-state index in [0.717, 1.165) is 12.1 Å². The maximum atomic E-state index is 13.0. The first-order valence-corrected chi connectivity index (χ1v) is 7.73. The van der Waals surface area contributed by atoms with Crippen LogP contribution in [0.1, 0.15) is 36.8 Å². The van der Waals surface area contributed by atoms with E-state index < -0.39 is 17.7 Å². The van der Waals surface area contributed by atoms with Crippen molar-refractivity contribution in [1.29, 1.82) is 5.26 Å². The number of nitrogens with two attached hydrogens (primary N) is 1. The summed E-state index contributed by atoms with van der Waals surface area (Å²) in [5.74, 6) is -0.925. The Morgan fingerprint density at radius 1 is 1.32 bits per heavy atom. The molecule has 0 bridgehead atoms. The van der Waals surface area contributed by atoms with Gasteiger partial charge >= 0.3 is 6.18 Å². The molecule has 2 N–H and O–H groups in total. The molecule has 3 rings (SSSR count). The molecule has 0 amide bonds. The second kappa shape index (κ2) is 5.96. The molecular formula is C18H15F3N2O2. The number of halogens is 3. The van der Waals surface area contributed by atoms with Gasteiger partial charge in [-0.1, -0.05) is 25.1 Å². The summed E-state index contributed by atoms with van der Waals surface area (Å²) in [6.07, 6.45) is -3.81. The molecule has 7 heteroatoms. The Hall–Kier alpha value is -2.75. The van der Waals surface area contributed by atoms with Gasteiger partial charge in [0, 0.05) is 18.4 Å². The van der Waals surface area contributed by atoms with Crippen molar-refractivity contribution in [2.45, 2.75) is 31.9 Å². The summed E-state index contributed by atoms with van der Waals surface area (Å²) in [4.78, 5) is 12.5. The van der Waals surface area contributed by atoms with Crippen LogP contribution in [0.2, 0.25) is 0 Å². The molecule has 25 heavy (non-hydrogen) atoms. The largest absolute Gasteiger partial charge is 0.444 e. The number of Topliss-reactive ketones (excluding diaryl/α,β-unsaturated/α-hetero) is 1. The number of ketones is 1. The molecule has 2 atom stereocenters. The third kappa shape index (κ3) is 3.00. The van der Waals surface area contributed by atoms with Crippen molar-refractivity contribution < 1.29 is 22.7 Å². The normalized spacial score (nSPS) is 23.9. The lowest BCUT2D eigenvalue weighted by atomic mass is 9.75. The van der Waals surface area contributed by atoms with Crippen LogP contribution in [0, 0.1) is 17.2 Å². The lowest BCUT2D eigenvalue weighted by Crippen LogP contribution is -2.29. The van der Waals surface area contributed by atoms with Crippen molar-refractivity contribution in [3.05, 3.63) is 58.2 Å². The molecule has 4 nitrogen and oxygen atoms in total. The monoisotopic (exact) mass is 348 g/mol. The van der Waals surface area contributed by atoms with Gasteiger partial charge in [0.2, 0.25) is 5.88 Å². The molecule has 2 aliphatic rings. The molecule has 1 aliphatic heterocycles. The van der Waals surface area contributed by atoms with E-state index in [2.05, 4.69) is 0 Å². The molecule has 0 fully saturated rings. The van der Waals surface area contributed by atoms with Crippen LogP contribution < -0.4 is 5.73 Å². The standard InChI is InChI=1S/C18H15F3N2O2/c1-9-5-13(24)16-14(6-9)25-17(23)12(8-22)15(16)10-3-2-4-11(7-10)18(19,20)21/h2-4,7,9,15H,5-6,23H2,1H3/t9-,15-/m0/s1. The van der Waals surface area contributed by atoms with Crippen molar-refractivity contribution >= 4 is 5.78 Å². The topological polar surface area (TPSA) is 76.1 Å². The summed E-state index contributed by atoms with van der Waals surface area (Å²) in [5.41, 5.74) is 5.36. The maximum Gasteiger partial charge on any atom is 0.416 e. The molecule has 1 heterocycles. The lowest BCUT2D eigenvalue weighted by Gasteiger charge is -2.33. The van der Waals surface area contributed by atoms with Gasteiger partial charge in [-0.15, -0.1) is 0 Å². The summed E-state index contributed by atoms with van der Waals surface area (Å²) in [5, 5.41) is 9.43. The van der Waals surface area contributed by atoms with E-state index in [1.165, 1.54) is 12.1 Å². The predicted molar refractivity (Wildman–Crippen MR) is 82.5 cm³/mol. The summed E-state index contributed by atoms with van der Waals surface area (Å²) in [7, 11) is 0. The fraction of sp³-hybridized carbons (Fsp3) is 0.333. The number of allylic oxidation sites excluding steroid dienone is 3. The van der Waals surface area contributed by atoms with Crippen LogP contribution in [-0.2, 0) is 15.7 Å². The second-order valence-corrected chi connectivity index (χ2v) is 6.32. The third-order valence-corrected chi connectivity index (χ3v) is 4.41. The van der Waals surface area contributed by atoms with Gasteiger partial charge in [-0.3, -0.25) is 4.79 Å². The van der Waals surface area contributed by atoms with E-state index in [4.69, 9.17) is 10.5 Å². The quantitative estimate of drug-likeness (QED) is 0.838. The van der Waals surface area contributed by atoms with E-state index in [1.54, 1.807) is 0 Å². The van der Waals surface area contributed by atoms with Crippen LogP contribution in [0.4, 0.5) is 13.2 Å². The zero-order chi connectivity index (χ0) is 18.4. The summed E-state index contributed by atoms with van der Waals surface area (Å²) < 4.78 is 44.6. The number of hydrogen-bond donors (Lipinski definition) is 1. The molecule has 0 aromatic heterocycles. The number of alkyl halides is 3. The van der Waals surface area contributed by atoms with Gasteiger partial charge < -0.3 is 10.5 Å². The van der Waals surface area contributed by atoms with Crippen molar-refractivity contribution in [2.24, 2.45) is 11.7 Å². The number of nitrogens with zero attached hydrogens (tertiary/aromatic N) is 1. The van der Waals surface area contributed by atoms with Gasteiger partial charge in [0.25, 0.3) is 0 Å². The smallest absolute Gasteiger partial charge is 0.416 e. The van der Waals surface area contributed by atoms with Gasteiger partial charge in [0.1, 0.15) is 17.4 Å². The first kappa shape index (κ1) is 17.1.